The Kier molecular flexibility index (Phi) is 5.40. The fourth-order valence-electron chi connectivity index (χ4n) is 9.34. The highest BCUT2D eigenvalue weighted by atomic mass is 16.3. The summed E-state index contributed by atoms with van der Waals surface area (Å²) in [5.74, 6) is 3.53. The third-order valence-electron chi connectivity index (χ3n) is 10.9. The monoisotopic (exact) mass is 401 g/mol. The maximum atomic E-state index is 12.1. The molecule has 10 atom stereocenters. The van der Waals surface area contributed by atoms with E-state index >= 15 is 0 Å². The number of fused-ring (bicyclic) bond motifs is 5. The number of hydrogen-bond acceptors (Lipinski definition) is 3. The van der Waals surface area contributed by atoms with Gasteiger partial charge in [0.2, 0.25) is 0 Å². The topological polar surface area (TPSA) is 64.2 Å². The molecular formula is C26H43NO2. The molecule has 3 heteroatoms. The highest BCUT2D eigenvalue weighted by Crippen LogP contribution is 2.70. The number of hydrogen-bond donors (Lipinski definition) is 2. The van der Waals surface area contributed by atoms with Gasteiger partial charge in [0.05, 0.1) is 17.8 Å². The molecule has 0 aliphatic heterocycles. The molecule has 0 aromatic rings. The van der Waals surface area contributed by atoms with Crippen LogP contribution in [0.25, 0.3) is 0 Å². The first-order chi connectivity index (χ1) is 13.6. The summed E-state index contributed by atoms with van der Waals surface area (Å²) in [6.07, 6.45) is 9.17. The van der Waals surface area contributed by atoms with Crippen molar-refractivity contribution < 1.29 is 10.2 Å². The van der Waals surface area contributed by atoms with E-state index in [2.05, 4.69) is 40.7 Å². The summed E-state index contributed by atoms with van der Waals surface area (Å²) in [7, 11) is 0. The largest absolute Gasteiger partial charge is 0.393 e. The van der Waals surface area contributed by atoms with Crippen molar-refractivity contribution in [3.8, 4) is 6.07 Å². The molecule has 0 saturated heterocycles. The van der Waals surface area contributed by atoms with E-state index in [1.54, 1.807) is 0 Å². The summed E-state index contributed by atoms with van der Waals surface area (Å²) in [5, 5.41) is 31.8. The third kappa shape index (κ3) is 3.03. The maximum absolute atomic E-state index is 12.1. The van der Waals surface area contributed by atoms with Crippen LogP contribution in [0, 0.1) is 63.6 Å². The molecule has 4 aliphatic rings. The second-order valence-electron chi connectivity index (χ2n) is 12.3. The molecule has 0 unspecified atom stereocenters. The van der Waals surface area contributed by atoms with Crippen molar-refractivity contribution >= 4 is 0 Å². The molecule has 0 amide bonds. The van der Waals surface area contributed by atoms with Crippen LogP contribution in [0.3, 0.4) is 0 Å². The van der Waals surface area contributed by atoms with Crippen LogP contribution >= 0.6 is 0 Å². The van der Waals surface area contributed by atoms with Crippen molar-refractivity contribution in [2.75, 3.05) is 0 Å². The van der Waals surface area contributed by atoms with E-state index in [1.165, 1.54) is 25.7 Å². The van der Waals surface area contributed by atoms with Crippen molar-refractivity contribution in [3.63, 3.8) is 0 Å². The highest BCUT2D eigenvalue weighted by molar-refractivity contribution is 5.15. The van der Waals surface area contributed by atoms with Gasteiger partial charge < -0.3 is 10.2 Å². The van der Waals surface area contributed by atoms with Crippen molar-refractivity contribution in [1.29, 1.82) is 5.26 Å². The quantitative estimate of drug-likeness (QED) is 0.651. The van der Waals surface area contributed by atoms with Crippen LogP contribution in [0.5, 0.6) is 0 Å². The maximum Gasteiger partial charge on any atom is 0.0707 e. The molecule has 0 spiro atoms. The first-order valence-corrected chi connectivity index (χ1v) is 12.3. The van der Waals surface area contributed by atoms with Gasteiger partial charge in [-0.25, -0.2) is 0 Å². The fourth-order valence-corrected chi connectivity index (χ4v) is 9.34. The summed E-state index contributed by atoms with van der Waals surface area (Å²) in [6.45, 7) is 11.7. The third-order valence-corrected chi connectivity index (χ3v) is 10.9. The number of aliphatic hydroxyl groups is 2. The van der Waals surface area contributed by atoms with E-state index in [0.717, 1.165) is 25.7 Å². The van der Waals surface area contributed by atoms with Gasteiger partial charge >= 0.3 is 0 Å². The Morgan fingerprint density at radius 3 is 2.31 bits per heavy atom. The molecule has 0 aromatic heterocycles. The van der Waals surface area contributed by atoms with Gasteiger partial charge in [0.15, 0.2) is 0 Å². The zero-order valence-electron chi connectivity index (χ0n) is 19.3. The van der Waals surface area contributed by atoms with Crippen molar-refractivity contribution in [2.45, 2.75) is 104 Å². The normalized spacial score (nSPS) is 52.9. The van der Waals surface area contributed by atoms with E-state index < -0.39 is 5.60 Å². The van der Waals surface area contributed by atoms with Gasteiger partial charge in [-0.1, -0.05) is 34.6 Å². The van der Waals surface area contributed by atoms with Gasteiger partial charge in [0.25, 0.3) is 0 Å². The van der Waals surface area contributed by atoms with Crippen LogP contribution in [0.15, 0.2) is 0 Å². The first-order valence-electron chi connectivity index (χ1n) is 12.3. The molecule has 4 saturated carbocycles. The lowest BCUT2D eigenvalue weighted by atomic mass is 9.40. The minimum atomic E-state index is -0.661. The van der Waals surface area contributed by atoms with Crippen LogP contribution in [-0.2, 0) is 0 Å². The molecule has 164 valence electrons. The Labute approximate surface area is 178 Å². The Balaban J connectivity index is 1.70. The lowest BCUT2D eigenvalue weighted by molar-refractivity contribution is -0.231. The molecule has 0 aromatic carbocycles. The van der Waals surface area contributed by atoms with Gasteiger partial charge in [-0.05, 0) is 104 Å². The Morgan fingerprint density at radius 1 is 1.00 bits per heavy atom. The minimum Gasteiger partial charge on any atom is -0.393 e. The Bertz CT molecular complexity index is 670. The molecule has 3 nitrogen and oxygen atoms in total. The molecule has 0 radical (unpaired) electrons. The van der Waals surface area contributed by atoms with E-state index in [4.69, 9.17) is 0 Å². The van der Waals surface area contributed by atoms with Gasteiger partial charge in [0, 0.05) is 6.42 Å². The number of nitrogens with zero attached hydrogens (tertiary/aromatic N) is 1. The molecule has 0 heterocycles. The van der Waals surface area contributed by atoms with E-state index in [9.17, 15) is 15.5 Å². The van der Waals surface area contributed by atoms with Gasteiger partial charge in [0.1, 0.15) is 0 Å². The van der Waals surface area contributed by atoms with E-state index in [-0.39, 0.29) is 23.4 Å². The second-order valence-corrected chi connectivity index (χ2v) is 12.3. The summed E-state index contributed by atoms with van der Waals surface area (Å²) in [5.41, 5.74) is -0.183. The lowest BCUT2D eigenvalue weighted by Crippen LogP contribution is -2.64. The molecule has 4 rings (SSSR count). The SMILES string of the molecule is CC(C)[C@]1(O)C[C@@H]2[C@H](CC[C@]3(C)[C@@H]([C@H](C)CC#N)CC[C@@H]23)[C@@]2(C)CC[C@@H](O)C[C@H]21. The summed E-state index contributed by atoms with van der Waals surface area (Å²) in [6, 6.07) is 2.43. The van der Waals surface area contributed by atoms with Crippen molar-refractivity contribution in [3.05, 3.63) is 0 Å². The van der Waals surface area contributed by atoms with E-state index in [1.807, 2.05) is 0 Å². The first kappa shape index (κ1) is 21.6. The summed E-state index contributed by atoms with van der Waals surface area (Å²) in [4.78, 5) is 0. The average molecular weight is 402 g/mol. The average Bonchev–Trinajstić information content (AvgIpc) is 3.01. The molecule has 0 bridgehead atoms. The van der Waals surface area contributed by atoms with Crippen LogP contribution in [0.2, 0.25) is 0 Å². The lowest BCUT2D eigenvalue weighted by Gasteiger charge is -2.66. The molecule has 29 heavy (non-hydrogen) atoms. The highest BCUT2D eigenvalue weighted by Gasteiger charge is 2.66. The van der Waals surface area contributed by atoms with Crippen LogP contribution in [0.1, 0.15) is 92.4 Å². The number of nitriles is 1. The minimum absolute atomic E-state index is 0.152. The second kappa shape index (κ2) is 7.23. The fraction of sp³-hybridized carbons (Fsp3) is 0.962. The Hall–Kier alpha value is -0.590. The zero-order valence-corrected chi connectivity index (χ0v) is 19.3. The molecule has 4 aliphatic carbocycles. The molecule has 4 fully saturated rings. The zero-order chi connectivity index (χ0) is 21.2. The predicted octanol–water partition coefficient (Wildman–Crippen LogP) is 5.55. The summed E-state index contributed by atoms with van der Waals surface area (Å²) >= 11 is 0. The number of aliphatic hydroxyl groups excluding tert-OH is 1. The van der Waals surface area contributed by atoms with Gasteiger partial charge in [-0.15, -0.1) is 0 Å². The van der Waals surface area contributed by atoms with Crippen molar-refractivity contribution in [2.24, 2.45) is 52.3 Å². The summed E-state index contributed by atoms with van der Waals surface area (Å²) < 4.78 is 0. The molecular weight excluding hydrogens is 358 g/mol. The van der Waals surface area contributed by atoms with Crippen molar-refractivity contribution in [1.82, 2.24) is 0 Å². The number of rotatable bonds is 3. The predicted molar refractivity (Wildman–Crippen MR) is 116 cm³/mol. The van der Waals surface area contributed by atoms with Gasteiger partial charge in [-0.2, -0.15) is 5.26 Å². The van der Waals surface area contributed by atoms with Gasteiger partial charge in [-0.3, -0.25) is 0 Å². The van der Waals surface area contributed by atoms with Crippen LogP contribution < -0.4 is 0 Å². The smallest absolute Gasteiger partial charge is 0.0707 e. The molecule has 2 N–H and O–H groups in total. The standard InChI is InChI=1S/C26H43NO2/c1-16(2)26(29)15-19-21-7-6-20(17(3)10-13-27)24(21,4)12-9-22(19)25(5)11-8-18(28)14-23(25)26/h16-23,28-29H,6-12,14-15H2,1-5H3/t17-,18-,19+,20-,21+,22+,23-,24-,25-,26-/m1/s1. The van der Waals surface area contributed by atoms with Crippen LogP contribution in [0.4, 0.5) is 0 Å². The Morgan fingerprint density at radius 2 is 1.66 bits per heavy atom. The van der Waals surface area contributed by atoms with Crippen LogP contribution in [-0.4, -0.2) is 21.9 Å². The van der Waals surface area contributed by atoms with E-state index in [0.29, 0.717) is 41.4 Å².